The number of hydrogen-bond acceptors (Lipinski definition) is 1. The summed E-state index contributed by atoms with van der Waals surface area (Å²) in [5, 5.41) is 0. The Labute approximate surface area is 86.3 Å². The second kappa shape index (κ2) is 6.02. The molecule has 78 valence electrons. The summed E-state index contributed by atoms with van der Waals surface area (Å²) in [5.41, 5.74) is 7.63. The molecule has 0 aromatic heterocycles. The van der Waals surface area contributed by atoms with Crippen molar-refractivity contribution in [3.8, 4) is 0 Å². The van der Waals surface area contributed by atoms with Crippen molar-refractivity contribution in [2.24, 2.45) is 10.7 Å². The Balaban J connectivity index is 0.000000791. The number of nitrogens with two attached hydrogens (primary N) is 1. The first-order chi connectivity index (χ1) is 6.65. The minimum Gasteiger partial charge on any atom is -0.369 e. The summed E-state index contributed by atoms with van der Waals surface area (Å²) in [6.45, 7) is 9.86. The minimum atomic E-state index is 0.458. The lowest BCUT2D eigenvalue weighted by molar-refractivity contribution is 0.694. The smallest absolute Gasteiger partial charge is 0.199 e. The number of allylic oxidation sites excluding steroid dienone is 3. The molecule has 0 saturated carbocycles. The standard InChI is InChI=1S/C9H13N3.C2H6/c1-7-4-5-12(8(2)6-7)9(10)11-3;1-2/h4-6H,2H2,1,3H3,(H2,10,11);1-2H3. The summed E-state index contributed by atoms with van der Waals surface area (Å²) in [5.74, 6) is 0.458. The van der Waals surface area contributed by atoms with Crippen LogP contribution in [0.2, 0.25) is 0 Å². The quantitative estimate of drug-likeness (QED) is 0.473. The number of guanidine groups is 1. The molecule has 1 aliphatic heterocycles. The van der Waals surface area contributed by atoms with E-state index >= 15 is 0 Å². The fourth-order valence-electron chi connectivity index (χ4n) is 1.000. The van der Waals surface area contributed by atoms with Gasteiger partial charge in [-0.1, -0.05) is 20.4 Å². The highest BCUT2D eigenvalue weighted by molar-refractivity contribution is 5.81. The van der Waals surface area contributed by atoms with E-state index < -0.39 is 0 Å². The van der Waals surface area contributed by atoms with E-state index in [0.29, 0.717) is 5.96 Å². The Morgan fingerprint density at radius 2 is 2.07 bits per heavy atom. The first-order valence-corrected chi connectivity index (χ1v) is 4.72. The lowest BCUT2D eigenvalue weighted by atomic mass is 10.2. The van der Waals surface area contributed by atoms with Gasteiger partial charge in [0.1, 0.15) is 0 Å². The van der Waals surface area contributed by atoms with Crippen LogP contribution in [-0.4, -0.2) is 17.9 Å². The van der Waals surface area contributed by atoms with E-state index in [2.05, 4.69) is 11.6 Å². The van der Waals surface area contributed by atoms with E-state index in [-0.39, 0.29) is 0 Å². The van der Waals surface area contributed by atoms with Crippen LogP contribution in [0.4, 0.5) is 0 Å². The van der Waals surface area contributed by atoms with E-state index in [1.165, 1.54) is 5.57 Å². The van der Waals surface area contributed by atoms with Crippen molar-refractivity contribution in [3.05, 3.63) is 36.2 Å². The van der Waals surface area contributed by atoms with Crippen LogP contribution in [-0.2, 0) is 0 Å². The average Bonchev–Trinajstić information content (AvgIpc) is 2.20. The lowest BCUT2D eigenvalue weighted by Gasteiger charge is -2.22. The SMILES string of the molecule is C=C1C=C(C)C=CN1C(N)=NC.CC. The highest BCUT2D eigenvalue weighted by atomic mass is 15.2. The Morgan fingerprint density at radius 1 is 1.50 bits per heavy atom. The van der Waals surface area contributed by atoms with Gasteiger partial charge in [0.25, 0.3) is 0 Å². The molecule has 3 nitrogen and oxygen atoms in total. The van der Waals surface area contributed by atoms with Gasteiger partial charge in [0.05, 0.1) is 0 Å². The molecule has 0 aliphatic carbocycles. The van der Waals surface area contributed by atoms with Gasteiger partial charge in [-0.2, -0.15) is 0 Å². The highest BCUT2D eigenvalue weighted by Gasteiger charge is 2.08. The fourth-order valence-corrected chi connectivity index (χ4v) is 1.000. The molecule has 0 bridgehead atoms. The summed E-state index contributed by atoms with van der Waals surface area (Å²) in [6, 6.07) is 0. The number of rotatable bonds is 0. The van der Waals surface area contributed by atoms with Gasteiger partial charge in [0.2, 0.25) is 0 Å². The predicted octanol–water partition coefficient (Wildman–Crippen LogP) is 2.25. The number of aliphatic imine (C=N–C) groups is 1. The Bertz CT molecular complexity index is 285. The Hall–Kier alpha value is -1.51. The van der Waals surface area contributed by atoms with Crippen LogP contribution in [0.25, 0.3) is 0 Å². The number of nitrogens with zero attached hydrogens (tertiary/aromatic N) is 2. The van der Waals surface area contributed by atoms with Gasteiger partial charge >= 0.3 is 0 Å². The molecule has 1 heterocycles. The zero-order valence-corrected chi connectivity index (χ0v) is 9.41. The van der Waals surface area contributed by atoms with Crippen molar-refractivity contribution in [2.75, 3.05) is 7.05 Å². The molecule has 0 radical (unpaired) electrons. The van der Waals surface area contributed by atoms with Gasteiger partial charge in [0.15, 0.2) is 5.96 Å². The van der Waals surface area contributed by atoms with Crippen LogP contribution in [0.15, 0.2) is 41.2 Å². The molecule has 2 N–H and O–H groups in total. The van der Waals surface area contributed by atoms with Gasteiger partial charge in [-0.15, -0.1) is 0 Å². The maximum Gasteiger partial charge on any atom is 0.199 e. The molecule has 0 amide bonds. The normalized spacial score (nSPS) is 16.0. The first kappa shape index (κ1) is 12.5. The monoisotopic (exact) mass is 193 g/mol. The summed E-state index contributed by atoms with van der Waals surface area (Å²) >= 11 is 0. The van der Waals surface area contributed by atoms with Gasteiger partial charge in [-0.05, 0) is 24.6 Å². The van der Waals surface area contributed by atoms with Gasteiger partial charge in [-0.25, -0.2) is 0 Å². The van der Waals surface area contributed by atoms with Crippen LogP contribution in [0.1, 0.15) is 20.8 Å². The van der Waals surface area contributed by atoms with E-state index in [9.17, 15) is 0 Å². The van der Waals surface area contributed by atoms with Crippen molar-refractivity contribution in [3.63, 3.8) is 0 Å². The third-order valence-corrected chi connectivity index (χ3v) is 1.67. The third-order valence-electron chi connectivity index (χ3n) is 1.67. The largest absolute Gasteiger partial charge is 0.369 e. The van der Waals surface area contributed by atoms with Crippen LogP contribution >= 0.6 is 0 Å². The molecular formula is C11H19N3. The fraction of sp³-hybridized carbons (Fsp3) is 0.364. The zero-order valence-electron chi connectivity index (χ0n) is 9.41. The second-order valence-corrected chi connectivity index (χ2v) is 2.65. The molecule has 1 rings (SSSR count). The van der Waals surface area contributed by atoms with E-state index in [1.807, 2.05) is 39.1 Å². The lowest BCUT2D eigenvalue weighted by Crippen LogP contribution is -2.32. The Kier molecular flexibility index (Phi) is 5.37. The van der Waals surface area contributed by atoms with Crippen molar-refractivity contribution >= 4 is 5.96 Å². The molecule has 1 aliphatic rings. The maximum atomic E-state index is 5.62. The van der Waals surface area contributed by atoms with Crippen LogP contribution in [0.3, 0.4) is 0 Å². The van der Waals surface area contributed by atoms with Gasteiger partial charge in [-0.3, -0.25) is 9.89 Å². The molecule has 0 unspecified atom stereocenters. The molecule has 0 aromatic carbocycles. The van der Waals surface area contributed by atoms with Gasteiger partial charge in [0, 0.05) is 18.9 Å². The molecule has 3 heteroatoms. The zero-order chi connectivity index (χ0) is 11.1. The summed E-state index contributed by atoms with van der Waals surface area (Å²) in [6.07, 6.45) is 5.78. The number of hydrogen-bond donors (Lipinski definition) is 1. The van der Waals surface area contributed by atoms with E-state index in [1.54, 1.807) is 11.9 Å². The molecule has 14 heavy (non-hydrogen) atoms. The first-order valence-electron chi connectivity index (χ1n) is 4.72. The average molecular weight is 193 g/mol. The van der Waals surface area contributed by atoms with Crippen molar-refractivity contribution in [1.82, 2.24) is 4.90 Å². The second-order valence-electron chi connectivity index (χ2n) is 2.65. The Morgan fingerprint density at radius 3 is 2.50 bits per heavy atom. The topological polar surface area (TPSA) is 41.6 Å². The van der Waals surface area contributed by atoms with Crippen molar-refractivity contribution < 1.29 is 0 Å². The molecule has 0 spiro atoms. The predicted molar refractivity (Wildman–Crippen MR) is 62.8 cm³/mol. The van der Waals surface area contributed by atoms with Gasteiger partial charge < -0.3 is 5.73 Å². The van der Waals surface area contributed by atoms with Crippen molar-refractivity contribution in [1.29, 1.82) is 0 Å². The molecule has 0 fully saturated rings. The molecule has 0 atom stereocenters. The maximum absolute atomic E-state index is 5.62. The molecule has 0 saturated heterocycles. The molecular weight excluding hydrogens is 174 g/mol. The van der Waals surface area contributed by atoms with E-state index in [4.69, 9.17) is 5.73 Å². The summed E-state index contributed by atoms with van der Waals surface area (Å²) in [4.78, 5) is 5.61. The molecule has 0 aromatic rings. The highest BCUT2D eigenvalue weighted by Crippen LogP contribution is 2.14. The minimum absolute atomic E-state index is 0.458. The summed E-state index contributed by atoms with van der Waals surface area (Å²) < 4.78 is 0. The third kappa shape index (κ3) is 3.09. The summed E-state index contributed by atoms with van der Waals surface area (Å²) in [7, 11) is 1.65. The van der Waals surface area contributed by atoms with Crippen LogP contribution < -0.4 is 5.73 Å². The van der Waals surface area contributed by atoms with Crippen molar-refractivity contribution in [2.45, 2.75) is 20.8 Å². The van der Waals surface area contributed by atoms with Crippen LogP contribution in [0.5, 0.6) is 0 Å². The van der Waals surface area contributed by atoms with E-state index in [0.717, 1.165) is 5.70 Å². The van der Waals surface area contributed by atoms with Crippen LogP contribution in [0, 0.1) is 0 Å².